The Morgan fingerprint density at radius 2 is 2.04 bits per heavy atom. The van der Waals surface area contributed by atoms with Crippen LogP contribution in [0.15, 0.2) is 6.20 Å². The number of ether oxygens (including phenoxy) is 3. The summed E-state index contributed by atoms with van der Waals surface area (Å²) in [5.41, 5.74) is 0.721. The van der Waals surface area contributed by atoms with Crippen molar-refractivity contribution in [1.82, 2.24) is 20.3 Å². The van der Waals surface area contributed by atoms with Crippen LogP contribution in [0.25, 0.3) is 0 Å². The van der Waals surface area contributed by atoms with E-state index >= 15 is 0 Å². The first-order valence-corrected chi connectivity index (χ1v) is 8.93. The highest BCUT2D eigenvalue weighted by Gasteiger charge is 2.13. The SMILES string of the molecule is CCCCC(COC)NC(=O)Cn1cc(COCCCCOC)nn1. The Labute approximate surface area is 150 Å². The number of methoxy groups -OCH3 is 2. The zero-order valence-electron chi connectivity index (χ0n) is 15.7. The minimum atomic E-state index is -0.0879. The van der Waals surface area contributed by atoms with Crippen LogP contribution in [0, 0.1) is 0 Å². The summed E-state index contributed by atoms with van der Waals surface area (Å²) in [6.07, 6.45) is 6.73. The largest absolute Gasteiger partial charge is 0.385 e. The van der Waals surface area contributed by atoms with E-state index in [-0.39, 0.29) is 18.5 Å². The number of rotatable bonds is 15. The van der Waals surface area contributed by atoms with E-state index in [1.54, 1.807) is 20.4 Å². The zero-order chi connectivity index (χ0) is 18.3. The third-order valence-electron chi connectivity index (χ3n) is 3.67. The Morgan fingerprint density at radius 1 is 1.24 bits per heavy atom. The van der Waals surface area contributed by atoms with Gasteiger partial charge < -0.3 is 19.5 Å². The van der Waals surface area contributed by atoms with Gasteiger partial charge in [0.05, 0.1) is 25.5 Å². The van der Waals surface area contributed by atoms with Crippen LogP contribution in [-0.2, 0) is 32.2 Å². The van der Waals surface area contributed by atoms with Gasteiger partial charge in [0.25, 0.3) is 0 Å². The summed E-state index contributed by atoms with van der Waals surface area (Å²) in [5.74, 6) is -0.0879. The Kier molecular flexibility index (Phi) is 11.8. The minimum Gasteiger partial charge on any atom is -0.385 e. The number of carbonyl (C=O) groups is 1. The first-order valence-electron chi connectivity index (χ1n) is 8.93. The summed E-state index contributed by atoms with van der Waals surface area (Å²) in [5, 5.41) is 11.0. The quantitative estimate of drug-likeness (QED) is 0.480. The number of amides is 1. The number of hydrogen-bond donors (Lipinski definition) is 1. The van der Waals surface area contributed by atoms with E-state index in [9.17, 15) is 4.79 Å². The van der Waals surface area contributed by atoms with Gasteiger partial charge >= 0.3 is 0 Å². The summed E-state index contributed by atoms with van der Waals surface area (Å²) in [6.45, 7) is 4.60. The predicted octanol–water partition coefficient (Wildman–Crippen LogP) is 1.54. The molecule has 1 rings (SSSR count). The van der Waals surface area contributed by atoms with E-state index in [0.717, 1.165) is 44.4 Å². The summed E-state index contributed by atoms with van der Waals surface area (Å²) < 4.78 is 17.2. The molecular weight excluding hydrogens is 324 g/mol. The topological polar surface area (TPSA) is 87.5 Å². The van der Waals surface area contributed by atoms with Crippen molar-refractivity contribution in [1.29, 1.82) is 0 Å². The van der Waals surface area contributed by atoms with E-state index in [2.05, 4.69) is 22.6 Å². The highest BCUT2D eigenvalue weighted by atomic mass is 16.5. The fourth-order valence-electron chi connectivity index (χ4n) is 2.38. The van der Waals surface area contributed by atoms with Crippen LogP contribution in [0.3, 0.4) is 0 Å². The van der Waals surface area contributed by atoms with Gasteiger partial charge in [0, 0.05) is 27.4 Å². The molecule has 8 nitrogen and oxygen atoms in total. The van der Waals surface area contributed by atoms with Gasteiger partial charge in [0.1, 0.15) is 12.2 Å². The second kappa shape index (κ2) is 13.7. The van der Waals surface area contributed by atoms with Crippen molar-refractivity contribution in [2.45, 2.75) is 58.2 Å². The third kappa shape index (κ3) is 10.2. The smallest absolute Gasteiger partial charge is 0.242 e. The maximum absolute atomic E-state index is 12.1. The molecule has 0 aliphatic heterocycles. The van der Waals surface area contributed by atoms with Gasteiger partial charge in [-0.05, 0) is 19.3 Å². The van der Waals surface area contributed by atoms with Crippen molar-refractivity contribution >= 4 is 5.91 Å². The summed E-state index contributed by atoms with van der Waals surface area (Å²) in [6, 6.07) is 0.0378. The lowest BCUT2D eigenvalue weighted by atomic mass is 10.1. The molecule has 0 bridgehead atoms. The first-order chi connectivity index (χ1) is 12.2. The molecule has 0 aliphatic carbocycles. The number of nitrogens with one attached hydrogen (secondary N) is 1. The van der Waals surface area contributed by atoms with Crippen LogP contribution in [0.1, 0.15) is 44.7 Å². The van der Waals surface area contributed by atoms with E-state index in [4.69, 9.17) is 14.2 Å². The molecule has 0 saturated carbocycles. The number of hydrogen-bond acceptors (Lipinski definition) is 6. The van der Waals surface area contributed by atoms with Crippen LogP contribution in [0.5, 0.6) is 0 Å². The molecule has 0 aliphatic rings. The fraction of sp³-hybridized carbons (Fsp3) is 0.824. The third-order valence-corrected chi connectivity index (χ3v) is 3.67. The van der Waals surface area contributed by atoms with E-state index in [1.165, 1.54) is 4.68 Å². The molecule has 1 heterocycles. The number of nitrogens with zero attached hydrogens (tertiary/aromatic N) is 3. The normalized spacial score (nSPS) is 12.3. The first kappa shape index (κ1) is 21.5. The second-order valence-corrected chi connectivity index (χ2v) is 6.02. The molecule has 1 amide bonds. The van der Waals surface area contributed by atoms with Gasteiger partial charge in [0.15, 0.2) is 0 Å². The average Bonchev–Trinajstić information content (AvgIpc) is 3.03. The summed E-state index contributed by atoms with van der Waals surface area (Å²) in [4.78, 5) is 12.1. The molecule has 0 fully saturated rings. The highest BCUT2D eigenvalue weighted by molar-refractivity contribution is 5.75. The van der Waals surface area contributed by atoms with Crippen LogP contribution in [-0.4, -0.2) is 61.0 Å². The van der Waals surface area contributed by atoms with Crippen molar-refractivity contribution < 1.29 is 19.0 Å². The average molecular weight is 356 g/mol. The standard InChI is InChI=1S/C17H32N4O4/c1-4-5-8-15(13-24-3)18-17(22)12-21-11-16(19-20-21)14-25-10-7-6-9-23-2/h11,15H,4-10,12-14H2,1-3H3,(H,18,22). The molecule has 1 atom stereocenters. The maximum atomic E-state index is 12.1. The lowest BCUT2D eigenvalue weighted by Crippen LogP contribution is -2.39. The number of carbonyl (C=O) groups excluding carboxylic acids is 1. The Balaban J connectivity index is 2.29. The van der Waals surface area contributed by atoms with Crippen LogP contribution in [0.2, 0.25) is 0 Å². The van der Waals surface area contributed by atoms with Gasteiger partial charge in [-0.1, -0.05) is 25.0 Å². The van der Waals surface area contributed by atoms with Gasteiger partial charge in [-0.25, -0.2) is 4.68 Å². The molecule has 1 unspecified atom stereocenters. The van der Waals surface area contributed by atoms with Gasteiger partial charge in [0.2, 0.25) is 5.91 Å². The molecular formula is C17H32N4O4. The summed E-state index contributed by atoms with van der Waals surface area (Å²) >= 11 is 0. The van der Waals surface area contributed by atoms with Crippen molar-refractivity contribution in [3.8, 4) is 0 Å². The van der Waals surface area contributed by atoms with Crippen LogP contribution >= 0.6 is 0 Å². The number of aromatic nitrogens is 3. The molecule has 0 radical (unpaired) electrons. The summed E-state index contributed by atoms with van der Waals surface area (Å²) in [7, 11) is 3.33. The molecule has 1 aromatic rings. The molecule has 1 N–H and O–H groups in total. The van der Waals surface area contributed by atoms with Gasteiger partial charge in [-0.3, -0.25) is 4.79 Å². The van der Waals surface area contributed by atoms with Gasteiger partial charge in [-0.2, -0.15) is 0 Å². The molecule has 0 spiro atoms. The van der Waals surface area contributed by atoms with Crippen LogP contribution in [0.4, 0.5) is 0 Å². The van der Waals surface area contributed by atoms with E-state index < -0.39 is 0 Å². The molecule has 8 heteroatoms. The lowest BCUT2D eigenvalue weighted by Gasteiger charge is -2.17. The predicted molar refractivity (Wildman–Crippen MR) is 94.1 cm³/mol. The molecule has 144 valence electrons. The maximum Gasteiger partial charge on any atom is 0.242 e. The van der Waals surface area contributed by atoms with Gasteiger partial charge in [-0.15, -0.1) is 5.10 Å². The zero-order valence-corrected chi connectivity index (χ0v) is 15.7. The van der Waals surface area contributed by atoms with Crippen molar-refractivity contribution in [3.05, 3.63) is 11.9 Å². The Hall–Kier alpha value is -1.51. The van der Waals surface area contributed by atoms with Crippen LogP contribution < -0.4 is 5.32 Å². The van der Waals surface area contributed by atoms with E-state index in [1.807, 2.05) is 0 Å². The molecule has 0 aromatic carbocycles. The Bertz CT molecular complexity index is 467. The Morgan fingerprint density at radius 3 is 2.76 bits per heavy atom. The van der Waals surface area contributed by atoms with Crippen molar-refractivity contribution in [2.24, 2.45) is 0 Å². The number of unbranched alkanes of at least 4 members (excludes halogenated alkanes) is 2. The minimum absolute atomic E-state index is 0.0378. The van der Waals surface area contributed by atoms with E-state index in [0.29, 0.717) is 19.8 Å². The molecule has 1 aromatic heterocycles. The fourth-order valence-corrected chi connectivity index (χ4v) is 2.38. The second-order valence-electron chi connectivity index (χ2n) is 6.02. The molecule has 0 saturated heterocycles. The van der Waals surface area contributed by atoms with Crippen molar-refractivity contribution in [3.63, 3.8) is 0 Å². The molecule has 25 heavy (non-hydrogen) atoms. The van der Waals surface area contributed by atoms with Crippen molar-refractivity contribution in [2.75, 3.05) is 34.0 Å². The lowest BCUT2D eigenvalue weighted by molar-refractivity contribution is -0.123. The highest BCUT2D eigenvalue weighted by Crippen LogP contribution is 2.02. The monoisotopic (exact) mass is 356 g/mol.